The number of aliphatic imine (C=N–C) groups is 1. The fraction of sp³-hybridized carbons (Fsp3) is 0.692. The lowest BCUT2D eigenvalue weighted by Gasteiger charge is -2.36. The van der Waals surface area contributed by atoms with Gasteiger partial charge >= 0.3 is 0 Å². The third-order valence-corrected chi connectivity index (χ3v) is 4.94. The molecule has 1 aliphatic carbocycles. The minimum Gasteiger partial charge on any atom is -0.362 e. The van der Waals surface area contributed by atoms with Crippen LogP contribution in [0.4, 0.5) is 0 Å². The van der Waals surface area contributed by atoms with Crippen LogP contribution in [0.25, 0.3) is 0 Å². The van der Waals surface area contributed by atoms with Crippen molar-refractivity contribution < 1.29 is 0 Å². The van der Waals surface area contributed by atoms with E-state index in [1.165, 1.54) is 31.4 Å². The highest BCUT2D eigenvalue weighted by Gasteiger charge is 2.29. The van der Waals surface area contributed by atoms with Crippen LogP contribution in [0.1, 0.15) is 25.7 Å². The lowest BCUT2D eigenvalue weighted by molar-refractivity contribution is 0.311. The number of rotatable bonds is 3. The topological polar surface area (TPSA) is 42.2 Å². The van der Waals surface area contributed by atoms with E-state index < -0.39 is 0 Å². The summed E-state index contributed by atoms with van der Waals surface area (Å²) in [7, 11) is 0. The van der Waals surface area contributed by atoms with Crippen LogP contribution in [0, 0.1) is 5.92 Å². The van der Waals surface area contributed by atoms with E-state index in [-0.39, 0.29) is 0 Å². The molecule has 18 heavy (non-hydrogen) atoms. The van der Waals surface area contributed by atoms with E-state index in [9.17, 15) is 0 Å². The number of fused-ring (bicyclic) bond motifs is 1. The lowest BCUT2D eigenvalue weighted by atomic mass is 9.86. The second kappa shape index (κ2) is 5.78. The van der Waals surface area contributed by atoms with Crippen molar-refractivity contribution in [3.63, 3.8) is 0 Å². The number of thioether (sulfide) groups is 1. The fourth-order valence-electron chi connectivity index (χ4n) is 2.76. The molecular formula is C13H20N4S. The fourth-order valence-corrected chi connectivity index (χ4v) is 3.95. The van der Waals surface area contributed by atoms with Crippen LogP contribution < -0.4 is 5.32 Å². The normalized spacial score (nSPS) is 29.9. The number of hydrogen-bond acceptors (Lipinski definition) is 3. The van der Waals surface area contributed by atoms with Crippen molar-refractivity contribution in [1.29, 1.82) is 0 Å². The highest BCUT2D eigenvalue weighted by molar-refractivity contribution is 8.13. The number of imidazole rings is 1. The van der Waals surface area contributed by atoms with E-state index in [4.69, 9.17) is 0 Å². The summed E-state index contributed by atoms with van der Waals surface area (Å²) >= 11 is 1.90. The number of aromatic nitrogens is 2. The average Bonchev–Trinajstić information content (AvgIpc) is 2.92. The van der Waals surface area contributed by atoms with Crippen LogP contribution in [0.2, 0.25) is 0 Å². The van der Waals surface area contributed by atoms with Gasteiger partial charge in [0.25, 0.3) is 0 Å². The third-order valence-electron chi connectivity index (χ3n) is 3.82. The summed E-state index contributed by atoms with van der Waals surface area (Å²) in [5, 5.41) is 4.77. The van der Waals surface area contributed by atoms with Gasteiger partial charge in [-0.15, -0.1) is 0 Å². The lowest BCUT2D eigenvalue weighted by Crippen LogP contribution is -2.46. The van der Waals surface area contributed by atoms with Gasteiger partial charge in [-0.1, -0.05) is 24.6 Å². The Bertz CT molecular complexity index is 401. The largest absolute Gasteiger partial charge is 0.362 e. The first-order chi connectivity index (χ1) is 8.92. The van der Waals surface area contributed by atoms with Crippen LogP contribution in [0.5, 0.6) is 0 Å². The number of hydrogen-bond donors (Lipinski definition) is 1. The quantitative estimate of drug-likeness (QED) is 0.909. The Hall–Kier alpha value is -0.970. The highest BCUT2D eigenvalue weighted by atomic mass is 32.2. The van der Waals surface area contributed by atoms with E-state index in [2.05, 4.69) is 19.9 Å². The van der Waals surface area contributed by atoms with Crippen LogP contribution in [-0.4, -0.2) is 33.1 Å². The summed E-state index contributed by atoms with van der Waals surface area (Å²) in [5.74, 6) is 2.12. The molecule has 98 valence electrons. The number of nitrogens with zero attached hydrogens (tertiary/aromatic N) is 3. The maximum absolute atomic E-state index is 4.67. The second-order valence-electron chi connectivity index (χ2n) is 5.09. The highest BCUT2D eigenvalue weighted by Crippen LogP contribution is 2.31. The molecule has 1 saturated heterocycles. The van der Waals surface area contributed by atoms with E-state index >= 15 is 0 Å². The van der Waals surface area contributed by atoms with Crippen LogP contribution in [-0.2, 0) is 6.54 Å². The molecule has 3 rings (SSSR count). The van der Waals surface area contributed by atoms with Crippen LogP contribution >= 0.6 is 11.8 Å². The van der Waals surface area contributed by atoms with E-state index in [1.54, 1.807) is 0 Å². The van der Waals surface area contributed by atoms with E-state index in [0.717, 1.165) is 24.2 Å². The Morgan fingerprint density at radius 1 is 1.44 bits per heavy atom. The van der Waals surface area contributed by atoms with Crippen LogP contribution in [0.3, 0.4) is 0 Å². The number of nitrogens with one attached hydrogen (secondary N) is 1. The van der Waals surface area contributed by atoms with Crippen molar-refractivity contribution in [2.45, 2.75) is 38.3 Å². The first-order valence-electron chi connectivity index (χ1n) is 6.81. The molecule has 1 aliphatic heterocycles. The molecule has 0 radical (unpaired) electrons. The Kier molecular flexibility index (Phi) is 3.88. The van der Waals surface area contributed by atoms with Gasteiger partial charge in [0.1, 0.15) is 0 Å². The SMILES string of the molecule is c1cn(CCN=C2NC3CCCCC3CS2)cn1. The molecule has 0 amide bonds. The molecule has 0 bridgehead atoms. The van der Waals surface area contributed by atoms with Crippen LogP contribution in [0.15, 0.2) is 23.7 Å². The first-order valence-corrected chi connectivity index (χ1v) is 7.80. The average molecular weight is 264 g/mol. The first kappa shape index (κ1) is 12.1. The predicted molar refractivity (Wildman–Crippen MR) is 75.9 cm³/mol. The standard InChI is InChI=1S/C13H20N4S/c1-2-4-12-11(3-1)9-18-13(16-12)15-6-8-17-7-5-14-10-17/h5,7,10-12H,1-4,6,8-9H2,(H,15,16). The second-order valence-corrected chi connectivity index (χ2v) is 6.10. The van der Waals surface area contributed by atoms with Crippen molar-refractivity contribution >= 4 is 16.9 Å². The molecule has 1 aromatic heterocycles. The summed E-state index contributed by atoms with van der Waals surface area (Å²) in [4.78, 5) is 8.70. The van der Waals surface area contributed by atoms with E-state index in [1.807, 2.05) is 30.5 Å². The molecule has 2 heterocycles. The van der Waals surface area contributed by atoms with Gasteiger partial charge in [-0.05, 0) is 18.8 Å². The minimum absolute atomic E-state index is 0.687. The zero-order chi connectivity index (χ0) is 12.2. The van der Waals surface area contributed by atoms with Gasteiger partial charge in [0.05, 0.1) is 12.9 Å². The molecule has 1 N–H and O–H groups in total. The molecule has 2 unspecified atom stereocenters. The Labute approximate surface area is 112 Å². The van der Waals surface area contributed by atoms with E-state index in [0.29, 0.717) is 6.04 Å². The van der Waals surface area contributed by atoms with Crippen molar-refractivity contribution in [3.8, 4) is 0 Å². The van der Waals surface area contributed by atoms with Crippen molar-refractivity contribution in [2.75, 3.05) is 12.3 Å². The molecule has 2 aliphatic rings. The van der Waals surface area contributed by atoms with Crippen molar-refractivity contribution in [3.05, 3.63) is 18.7 Å². The summed E-state index contributed by atoms with van der Waals surface area (Å²) in [6.45, 7) is 1.75. The Balaban J connectivity index is 1.50. The van der Waals surface area contributed by atoms with Gasteiger partial charge in [0, 0.05) is 30.7 Å². The van der Waals surface area contributed by atoms with Crippen molar-refractivity contribution in [2.24, 2.45) is 10.9 Å². The van der Waals surface area contributed by atoms with Gasteiger partial charge < -0.3 is 9.88 Å². The van der Waals surface area contributed by atoms with Crippen molar-refractivity contribution in [1.82, 2.24) is 14.9 Å². The summed E-state index contributed by atoms with van der Waals surface area (Å²) in [6.07, 6.45) is 11.2. The molecule has 1 aromatic rings. The Morgan fingerprint density at radius 3 is 3.28 bits per heavy atom. The number of amidine groups is 1. The van der Waals surface area contributed by atoms with Gasteiger partial charge in [-0.25, -0.2) is 4.98 Å². The maximum atomic E-state index is 4.67. The van der Waals surface area contributed by atoms with Gasteiger partial charge in [-0.3, -0.25) is 4.99 Å². The smallest absolute Gasteiger partial charge is 0.156 e. The maximum Gasteiger partial charge on any atom is 0.156 e. The predicted octanol–water partition coefficient (Wildman–Crippen LogP) is 2.13. The molecule has 0 aromatic carbocycles. The zero-order valence-corrected chi connectivity index (χ0v) is 11.4. The third kappa shape index (κ3) is 2.88. The minimum atomic E-state index is 0.687. The Morgan fingerprint density at radius 2 is 2.39 bits per heavy atom. The molecular weight excluding hydrogens is 244 g/mol. The molecule has 1 saturated carbocycles. The van der Waals surface area contributed by atoms with Gasteiger partial charge in [-0.2, -0.15) is 0 Å². The molecule has 2 fully saturated rings. The summed E-state index contributed by atoms with van der Waals surface area (Å²) in [6, 6.07) is 0.687. The molecule has 4 nitrogen and oxygen atoms in total. The summed E-state index contributed by atoms with van der Waals surface area (Å²) < 4.78 is 2.07. The molecule has 0 spiro atoms. The monoisotopic (exact) mass is 264 g/mol. The summed E-state index contributed by atoms with van der Waals surface area (Å²) in [5.41, 5.74) is 0. The zero-order valence-electron chi connectivity index (χ0n) is 10.6. The molecule has 2 atom stereocenters. The molecule has 5 heteroatoms. The van der Waals surface area contributed by atoms with Gasteiger partial charge in [0.2, 0.25) is 0 Å². The van der Waals surface area contributed by atoms with Gasteiger partial charge in [0.15, 0.2) is 5.17 Å².